The molecule has 0 radical (unpaired) electrons. The highest BCUT2D eigenvalue weighted by molar-refractivity contribution is 5.62. The van der Waals surface area contributed by atoms with Crippen LogP contribution in [-0.2, 0) is 11.3 Å². The second kappa shape index (κ2) is 6.49. The number of ether oxygens (including phenoxy) is 1. The van der Waals surface area contributed by atoms with Gasteiger partial charge in [-0.05, 0) is 37.1 Å². The van der Waals surface area contributed by atoms with Crippen LogP contribution in [0.3, 0.4) is 0 Å². The van der Waals surface area contributed by atoms with Crippen LogP contribution in [0.4, 0.5) is 0 Å². The molecule has 126 valence electrons. The van der Waals surface area contributed by atoms with E-state index < -0.39 is 0 Å². The van der Waals surface area contributed by atoms with Crippen molar-refractivity contribution in [2.24, 2.45) is 5.92 Å². The van der Waals surface area contributed by atoms with Gasteiger partial charge >= 0.3 is 0 Å². The van der Waals surface area contributed by atoms with Gasteiger partial charge in [-0.1, -0.05) is 6.07 Å². The quantitative estimate of drug-likeness (QED) is 0.728. The number of benzene rings is 1. The van der Waals surface area contributed by atoms with Gasteiger partial charge in [-0.3, -0.25) is 4.68 Å². The van der Waals surface area contributed by atoms with Crippen LogP contribution in [0.5, 0.6) is 0 Å². The van der Waals surface area contributed by atoms with Crippen LogP contribution >= 0.6 is 0 Å². The van der Waals surface area contributed by atoms with Gasteiger partial charge in [0.2, 0.25) is 11.8 Å². The summed E-state index contributed by atoms with van der Waals surface area (Å²) >= 11 is 0. The van der Waals surface area contributed by atoms with E-state index in [4.69, 9.17) is 9.15 Å². The molecule has 0 N–H and O–H groups in total. The molecule has 2 aromatic heterocycles. The lowest BCUT2D eigenvalue weighted by Gasteiger charge is -2.14. The lowest BCUT2D eigenvalue weighted by Crippen LogP contribution is -2.15. The van der Waals surface area contributed by atoms with E-state index in [-0.39, 0.29) is 12.0 Å². The molecule has 1 aliphatic heterocycles. The fourth-order valence-corrected chi connectivity index (χ4v) is 3.19. The first-order valence-corrected chi connectivity index (χ1v) is 8.19. The van der Waals surface area contributed by atoms with E-state index in [2.05, 4.69) is 21.4 Å². The molecule has 25 heavy (non-hydrogen) atoms. The second-order valence-corrected chi connectivity index (χ2v) is 6.10. The molecule has 7 heteroatoms. The molecule has 7 nitrogen and oxygen atoms in total. The Morgan fingerprint density at radius 1 is 1.32 bits per heavy atom. The predicted molar refractivity (Wildman–Crippen MR) is 88.2 cm³/mol. The van der Waals surface area contributed by atoms with Crippen LogP contribution in [0.25, 0.3) is 11.5 Å². The predicted octanol–water partition coefficient (Wildman–Crippen LogP) is 2.89. The highest BCUT2D eigenvalue weighted by Gasteiger charge is 2.34. The molecule has 0 aliphatic carbocycles. The first-order valence-electron chi connectivity index (χ1n) is 8.19. The Hall–Kier alpha value is -2.98. The van der Waals surface area contributed by atoms with Crippen LogP contribution in [0.2, 0.25) is 0 Å². The fraction of sp³-hybridized carbons (Fsp3) is 0.333. The van der Waals surface area contributed by atoms with E-state index in [1.807, 2.05) is 36.0 Å². The van der Waals surface area contributed by atoms with Gasteiger partial charge in [-0.2, -0.15) is 10.4 Å². The Morgan fingerprint density at radius 2 is 2.24 bits per heavy atom. The van der Waals surface area contributed by atoms with Crippen molar-refractivity contribution in [1.29, 1.82) is 5.26 Å². The van der Waals surface area contributed by atoms with Gasteiger partial charge in [-0.15, -0.1) is 10.2 Å². The zero-order valence-corrected chi connectivity index (χ0v) is 13.8. The van der Waals surface area contributed by atoms with Crippen molar-refractivity contribution in [3.8, 4) is 17.5 Å². The third-order valence-electron chi connectivity index (χ3n) is 4.56. The van der Waals surface area contributed by atoms with Crippen molar-refractivity contribution in [1.82, 2.24) is 20.0 Å². The highest BCUT2D eigenvalue weighted by atomic mass is 16.5. The molecule has 2 atom stereocenters. The van der Waals surface area contributed by atoms with E-state index >= 15 is 0 Å². The largest absolute Gasteiger partial charge is 0.418 e. The number of aromatic nitrogens is 4. The summed E-state index contributed by atoms with van der Waals surface area (Å²) in [7, 11) is 0. The maximum absolute atomic E-state index is 9.18. The lowest BCUT2D eigenvalue weighted by molar-refractivity contribution is 0.0634. The molecule has 3 heterocycles. The third kappa shape index (κ3) is 2.92. The summed E-state index contributed by atoms with van der Waals surface area (Å²) in [6.45, 7) is 3.29. The van der Waals surface area contributed by atoms with Crippen LogP contribution in [-0.4, -0.2) is 26.6 Å². The first kappa shape index (κ1) is 15.5. The molecule has 1 aromatic carbocycles. The summed E-state index contributed by atoms with van der Waals surface area (Å²) in [6, 6.07) is 9.55. The third-order valence-corrected chi connectivity index (χ3v) is 4.56. The van der Waals surface area contributed by atoms with E-state index in [0.717, 1.165) is 24.1 Å². The summed E-state index contributed by atoms with van der Waals surface area (Å²) in [5.74, 6) is 1.13. The molecular weight excluding hydrogens is 318 g/mol. The monoisotopic (exact) mass is 335 g/mol. The number of nitriles is 1. The Labute approximate surface area is 144 Å². The number of hydrogen-bond acceptors (Lipinski definition) is 6. The van der Waals surface area contributed by atoms with E-state index in [1.165, 1.54) is 0 Å². The average Bonchev–Trinajstić information content (AvgIpc) is 3.37. The fourth-order valence-electron chi connectivity index (χ4n) is 3.19. The molecular formula is C18H17N5O2. The minimum absolute atomic E-state index is 0.232. The van der Waals surface area contributed by atoms with Crippen molar-refractivity contribution in [2.75, 3.05) is 6.61 Å². The molecule has 4 rings (SSSR count). The maximum Gasteiger partial charge on any atom is 0.248 e. The molecule has 0 saturated carbocycles. The maximum atomic E-state index is 9.18. The van der Waals surface area contributed by atoms with Gasteiger partial charge in [0.15, 0.2) is 0 Å². The summed E-state index contributed by atoms with van der Waals surface area (Å²) in [5, 5.41) is 21.8. The van der Waals surface area contributed by atoms with E-state index in [1.54, 1.807) is 12.3 Å². The van der Waals surface area contributed by atoms with Crippen LogP contribution in [0.1, 0.15) is 29.5 Å². The standard InChI is InChI=1S/C18H17N5O2/c1-12-13(10-19)4-2-5-15(12)17-21-22-18(25-17)16-14(6-9-24-16)11-23-8-3-7-20-23/h2-5,7-8,14,16H,6,9,11H2,1H3/t14-,16-/m0/s1. The summed E-state index contributed by atoms with van der Waals surface area (Å²) in [6.07, 6.45) is 4.39. The summed E-state index contributed by atoms with van der Waals surface area (Å²) in [4.78, 5) is 0. The van der Waals surface area contributed by atoms with Gasteiger partial charge < -0.3 is 9.15 Å². The Morgan fingerprint density at radius 3 is 3.04 bits per heavy atom. The minimum atomic E-state index is -0.232. The van der Waals surface area contributed by atoms with Gasteiger partial charge in [-0.25, -0.2) is 0 Å². The first-order chi connectivity index (χ1) is 12.3. The topological polar surface area (TPSA) is 89.8 Å². The van der Waals surface area contributed by atoms with E-state index in [0.29, 0.717) is 24.0 Å². The summed E-state index contributed by atoms with van der Waals surface area (Å²) in [5.41, 5.74) is 2.21. The minimum Gasteiger partial charge on any atom is -0.418 e. The molecule has 0 unspecified atom stereocenters. The summed E-state index contributed by atoms with van der Waals surface area (Å²) < 4.78 is 13.6. The molecule has 1 aliphatic rings. The van der Waals surface area contributed by atoms with Crippen LogP contribution < -0.4 is 0 Å². The number of hydrogen-bond donors (Lipinski definition) is 0. The Bertz CT molecular complexity index is 910. The van der Waals surface area contributed by atoms with Crippen molar-refractivity contribution < 1.29 is 9.15 Å². The normalized spacial score (nSPS) is 19.8. The van der Waals surface area contributed by atoms with Gasteiger partial charge in [0, 0.05) is 37.0 Å². The second-order valence-electron chi connectivity index (χ2n) is 6.10. The smallest absolute Gasteiger partial charge is 0.248 e. The zero-order chi connectivity index (χ0) is 17.2. The van der Waals surface area contributed by atoms with Gasteiger partial charge in [0.05, 0.1) is 11.6 Å². The van der Waals surface area contributed by atoms with Gasteiger partial charge in [0.1, 0.15) is 6.10 Å². The number of rotatable bonds is 4. The Balaban J connectivity index is 1.60. The SMILES string of the molecule is Cc1c(C#N)cccc1-c1nnc([C@H]2OCC[C@H]2Cn2cccn2)o1. The highest BCUT2D eigenvalue weighted by Crippen LogP contribution is 2.36. The number of nitrogens with zero attached hydrogens (tertiary/aromatic N) is 5. The van der Waals surface area contributed by atoms with Crippen molar-refractivity contribution in [3.05, 3.63) is 53.7 Å². The van der Waals surface area contributed by atoms with Crippen molar-refractivity contribution in [3.63, 3.8) is 0 Å². The Kier molecular flexibility index (Phi) is 4.04. The molecule has 1 saturated heterocycles. The van der Waals surface area contributed by atoms with Crippen molar-refractivity contribution in [2.45, 2.75) is 26.0 Å². The molecule has 0 amide bonds. The van der Waals surface area contributed by atoms with Gasteiger partial charge in [0.25, 0.3) is 0 Å². The van der Waals surface area contributed by atoms with Crippen LogP contribution in [0, 0.1) is 24.2 Å². The van der Waals surface area contributed by atoms with E-state index in [9.17, 15) is 5.26 Å². The molecule has 0 bridgehead atoms. The zero-order valence-electron chi connectivity index (χ0n) is 13.8. The molecule has 3 aromatic rings. The van der Waals surface area contributed by atoms with Crippen LogP contribution in [0.15, 0.2) is 41.1 Å². The molecule has 1 fully saturated rings. The average molecular weight is 335 g/mol. The van der Waals surface area contributed by atoms with Crippen molar-refractivity contribution >= 4 is 0 Å². The lowest BCUT2D eigenvalue weighted by atomic mass is 10.0. The molecule has 0 spiro atoms.